The lowest BCUT2D eigenvalue weighted by Gasteiger charge is -2.35. The van der Waals surface area contributed by atoms with Crippen LogP contribution in [0, 0.1) is 5.82 Å². The Balaban J connectivity index is 1.31. The van der Waals surface area contributed by atoms with Gasteiger partial charge in [0.25, 0.3) is 11.5 Å². The molecule has 0 aliphatic carbocycles. The van der Waals surface area contributed by atoms with E-state index in [9.17, 15) is 18.8 Å². The molecule has 2 aliphatic rings. The van der Waals surface area contributed by atoms with Gasteiger partial charge >= 0.3 is 0 Å². The van der Waals surface area contributed by atoms with Crippen LogP contribution in [-0.4, -0.2) is 65.5 Å². The SMILES string of the molecule is O=C(CCc1cc2ccc(F)cc2c(=O)[nH]1)N1CCN(C(=O)C2CCCO2)CC1. The first kappa shape index (κ1) is 19.6. The van der Waals surface area contributed by atoms with Gasteiger partial charge in [-0.25, -0.2) is 4.39 Å². The van der Waals surface area contributed by atoms with Crippen LogP contribution in [0.3, 0.4) is 0 Å². The molecule has 1 N–H and O–H groups in total. The van der Waals surface area contributed by atoms with Gasteiger partial charge in [-0.1, -0.05) is 6.07 Å². The van der Waals surface area contributed by atoms with E-state index in [2.05, 4.69) is 4.98 Å². The second kappa shape index (κ2) is 8.32. The van der Waals surface area contributed by atoms with Crippen LogP contribution in [0.4, 0.5) is 4.39 Å². The number of rotatable bonds is 4. The molecule has 0 radical (unpaired) electrons. The summed E-state index contributed by atoms with van der Waals surface area (Å²) in [6.07, 6.45) is 2.03. The average Bonchev–Trinajstić information content (AvgIpc) is 3.27. The topological polar surface area (TPSA) is 82.7 Å². The standard InChI is InChI=1S/C21H24FN3O4/c22-15-4-3-14-12-16(23-20(27)17(14)13-15)5-6-19(26)24-7-9-25(10-8-24)21(28)18-2-1-11-29-18/h3-4,12-13,18H,1-2,5-11H2,(H,23,27). The Kier molecular flexibility index (Phi) is 5.62. The van der Waals surface area contributed by atoms with Crippen LogP contribution in [0.5, 0.6) is 0 Å². The molecule has 2 aromatic rings. The number of carbonyl (C=O) groups excluding carboxylic acids is 2. The van der Waals surface area contributed by atoms with Gasteiger partial charge < -0.3 is 19.5 Å². The van der Waals surface area contributed by atoms with Crippen LogP contribution < -0.4 is 5.56 Å². The average molecular weight is 401 g/mol. The second-order valence-electron chi connectivity index (χ2n) is 7.56. The van der Waals surface area contributed by atoms with E-state index < -0.39 is 5.82 Å². The Hall–Kier alpha value is -2.74. The highest BCUT2D eigenvalue weighted by molar-refractivity contribution is 5.83. The van der Waals surface area contributed by atoms with Crippen LogP contribution >= 0.6 is 0 Å². The molecule has 1 unspecified atom stereocenters. The second-order valence-corrected chi connectivity index (χ2v) is 7.56. The quantitative estimate of drug-likeness (QED) is 0.841. The molecule has 0 saturated carbocycles. The summed E-state index contributed by atoms with van der Waals surface area (Å²) in [6, 6.07) is 5.87. The minimum absolute atomic E-state index is 0.00531. The van der Waals surface area contributed by atoms with Crippen molar-refractivity contribution in [2.45, 2.75) is 31.8 Å². The number of amides is 2. The first-order valence-corrected chi connectivity index (χ1v) is 10.0. The van der Waals surface area contributed by atoms with Crippen molar-refractivity contribution in [3.63, 3.8) is 0 Å². The minimum Gasteiger partial charge on any atom is -0.368 e. The number of ether oxygens (including phenoxy) is 1. The normalized spacial score (nSPS) is 19.7. The van der Waals surface area contributed by atoms with E-state index in [1.807, 2.05) is 0 Å². The van der Waals surface area contributed by atoms with Crippen LogP contribution in [0.2, 0.25) is 0 Å². The summed E-state index contributed by atoms with van der Waals surface area (Å²) in [6.45, 7) is 2.68. The number of hydrogen-bond acceptors (Lipinski definition) is 4. The van der Waals surface area contributed by atoms with Crippen molar-refractivity contribution in [1.82, 2.24) is 14.8 Å². The molecular formula is C21H24FN3O4. The lowest BCUT2D eigenvalue weighted by atomic mass is 10.1. The van der Waals surface area contributed by atoms with Crippen molar-refractivity contribution < 1.29 is 18.7 Å². The minimum atomic E-state index is -0.456. The summed E-state index contributed by atoms with van der Waals surface area (Å²) in [5.41, 5.74) is 0.292. The number of nitrogens with zero attached hydrogens (tertiary/aromatic N) is 2. The van der Waals surface area contributed by atoms with E-state index in [0.29, 0.717) is 55.7 Å². The van der Waals surface area contributed by atoms with E-state index in [-0.39, 0.29) is 29.9 Å². The van der Waals surface area contributed by atoms with Crippen LogP contribution in [0.25, 0.3) is 10.8 Å². The smallest absolute Gasteiger partial charge is 0.256 e. The molecule has 1 aromatic heterocycles. The van der Waals surface area contributed by atoms with Gasteiger partial charge in [-0.15, -0.1) is 0 Å². The van der Waals surface area contributed by atoms with Crippen molar-refractivity contribution in [2.24, 2.45) is 0 Å². The highest BCUT2D eigenvalue weighted by Crippen LogP contribution is 2.17. The molecule has 154 valence electrons. The van der Waals surface area contributed by atoms with Crippen LogP contribution in [0.15, 0.2) is 29.1 Å². The predicted octanol–water partition coefficient (Wildman–Crippen LogP) is 1.45. The summed E-state index contributed by atoms with van der Waals surface area (Å²) in [5, 5.41) is 0.950. The van der Waals surface area contributed by atoms with E-state index in [4.69, 9.17) is 4.74 Å². The molecule has 2 aliphatic heterocycles. The fourth-order valence-electron chi connectivity index (χ4n) is 3.97. The number of hydrogen-bond donors (Lipinski definition) is 1. The third-order valence-electron chi connectivity index (χ3n) is 5.62. The number of pyridine rings is 1. The number of halogens is 1. The van der Waals surface area contributed by atoms with Crippen molar-refractivity contribution in [2.75, 3.05) is 32.8 Å². The Morgan fingerprint density at radius 2 is 1.90 bits per heavy atom. The van der Waals surface area contributed by atoms with E-state index >= 15 is 0 Å². The Bertz CT molecular complexity index is 976. The monoisotopic (exact) mass is 401 g/mol. The zero-order valence-electron chi connectivity index (χ0n) is 16.2. The lowest BCUT2D eigenvalue weighted by molar-refractivity contribution is -0.146. The van der Waals surface area contributed by atoms with Crippen LogP contribution in [-0.2, 0) is 20.7 Å². The third kappa shape index (κ3) is 4.32. The number of fused-ring (bicyclic) bond motifs is 1. The zero-order chi connectivity index (χ0) is 20.4. The van der Waals surface area contributed by atoms with Gasteiger partial charge in [-0.3, -0.25) is 14.4 Å². The van der Waals surface area contributed by atoms with Crippen molar-refractivity contribution in [1.29, 1.82) is 0 Å². The van der Waals surface area contributed by atoms with Crippen LogP contribution in [0.1, 0.15) is 25.0 Å². The third-order valence-corrected chi connectivity index (χ3v) is 5.62. The van der Waals surface area contributed by atoms with E-state index in [0.717, 1.165) is 12.8 Å². The first-order valence-electron chi connectivity index (χ1n) is 10.0. The molecule has 7 nitrogen and oxygen atoms in total. The number of piperazine rings is 1. The molecule has 0 bridgehead atoms. The summed E-state index contributed by atoms with van der Waals surface area (Å²) in [4.78, 5) is 43.3. The largest absolute Gasteiger partial charge is 0.368 e. The number of aromatic nitrogens is 1. The number of nitrogens with one attached hydrogen (secondary N) is 1. The summed E-state index contributed by atoms with van der Waals surface area (Å²) in [5.74, 6) is -0.433. The molecule has 4 rings (SSSR count). The molecule has 29 heavy (non-hydrogen) atoms. The fourth-order valence-corrected chi connectivity index (χ4v) is 3.97. The molecule has 1 aromatic carbocycles. The lowest BCUT2D eigenvalue weighted by Crippen LogP contribution is -2.52. The molecule has 0 spiro atoms. The summed E-state index contributed by atoms with van der Waals surface area (Å²) >= 11 is 0. The Labute approximate surface area is 167 Å². The summed E-state index contributed by atoms with van der Waals surface area (Å²) < 4.78 is 18.8. The summed E-state index contributed by atoms with van der Waals surface area (Å²) in [7, 11) is 0. The van der Waals surface area contributed by atoms with Gasteiger partial charge in [0.05, 0.1) is 0 Å². The molecule has 2 amide bonds. The number of aryl methyl sites for hydroxylation is 1. The van der Waals surface area contributed by atoms with Crippen molar-refractivity contribution in [3.05, 3.63) is 46.1 Å². The Morgan fingerprint density at radius 1 is 1.14 bits per heavy atom. The highest BCUT2D eigenvalue weighted by atomic mass is 19.1. The first-order chi connectivity index (χ1) is 14.0. The van der Waals surface area contributed by atoms with E-state index in [1.165, 1.54) is 12.1 Å². The predicted molar refractivity (Wildman–Crippen MR) is 105 cm³/mol. The van der Waals surface area contributed by atoms with Gasteiger partial charge in [0.15, 0.2) is 0 Å². The van der Waals surface area contributed by atoms with Crippen molar-refractivity contribution >= 4 is 22.6 Å². The van der Waals surface area contributed by atoms with Gasteiger partial charge in [0.2, 0.25) is 5.91 Å². The number of benzene rings is 1. The number of H-pyrrole nitrogens is 1. The zero-order valence-corrected chi connectivity index (χ0v) is 16.2. The molecule has 3 heterocycles. The number of carbonyl (C=O) groups is 2. The van der Waals surface area contributed by atoms with Gasteiger partial charge in [-0.05, 0) is 42.8 Å². The molecule has 1 atom stereocenters. The molecule has 8 heteroatoms. The number of aromatic amines is 1. The molecule has 2 saturated heterocycles. The maximum atomic E-state index is 13.3. The van der Waals surface area contributed by atoms with E-state index in [1.54, 1.807) is 21.9 Å². The van der Waals surface area contributed by atoms with Gasteiger partial charge in [0.1, 0.15) is 11.9 Å². The maximum Gasteiger partial charge on any atom is 0.256 e. The molecular weight excluding hydrogens is 377 g/mol. The fraction of sp³-hybridized carbons (Fsp3) is 0.476. The highest BCUT2D eigenvalue weighted by Gasteiger charge is 2.31. The maximum absolute atomic E-state index is 13.3. The van der Waals surface area contributed by atoms with Gasteiger partial charge in [-0.2, -0.15) is 0 Å². The Morgan fingerprint density at radius 3 is 2.62 bits per heavy atom. The molecule has 2 fully saturated rings. The van der Waals surface area contributed by atoms with Crippen molar-refractivity contribution in [3.8, 4) is 0 Å². The van der Waals surface area contributed by atoms with Gasteiger partial charge in [0, 0.05) is 50.3 Å².